The van der Waals surface area contributed by atoms with Gasteiger partial charge < -0.3 is 5.73 Å². The topological polar surface area (TPSA) is 26.0 Å². The van der Waals surface area contributed by atoms with E-state index >= 15 is 0 Å². The van der Waals surface area contributed by atoms with Gasteiger partial charge in [0.25, 0.3) is 0 Å². The number of nitrogens with two attached hydrogens (primary N) is 1. The van der Waals surface area contributed by atoms with Crippen molar-refractivity contribution in [1.29, 1.82) is 0 Å². The van der Waals surface area contributed by atoms with Gasteiger partial charge >= 0.3 is 0 Å². The molecule has 1 aromatic carbocycles. The molecule has 0 amide bonds. The minimum Gasteiger partial charge on any atom is -0.325 e. The van der Waals surface area contributed by atoms with E-state index in [2.05, 4.69) is 44.2 Å². The largest absolute Gasteiger partial charge is 0.325 e. The van der Waals surface area contributed by atoms with Gasteiger partial charge in [0.1, 0.15) is 6.67 Å². The fourth-order valence-electron chi connectivity index (χ4n) is 2.26. The second kappa shape index (κ2) is 8.11. The average molecular weight is 263 g/mol. The van der Waals surface area contributed by atoms with Gasteiger partial charge in [0.05, 0.1) is 0 Å². The van der Waals surface area contributed by atoms with Crippen molar-refractivity contribution in [2.24, 2.45) is 5.73 Å². The summed E-state index contributed by atoms with van der Waals surface area (Å²) in [7, 11) is 0. The molecule has 0 heterocycles. The Labute approximate surface area is 116 Å². The van der Waals surface area contributed by atoms with Crippen LogP contribution in [0.15, 0.2) is 30.3 Å². The SMILES string of the molecule is CC/C=C(\CCC)c1ccc(C(C)C(N)CF)cc1. The Morgan fingerprint density at radius 2 is 1.89 bits per heavy atom. The summed E-state index contributed by atoms with van der Waals surface area (Å²) in [5.74, 6) is 0.0591. The Morgan fingerprint density at radius 3 is 2.37 bits per heavy atom. The van der Waals surface area contributed by atoms with Gasteiger partial charge in [-0.25, -0.2) is 4.39 Å². The molecule has 2 heteroatoms. The van der Waals surface area contributed by atoms with Gasteiger partial charge in [-0.15, -0.1) is 0 Å². The first-order chi connectivity index (χ1) is 9.13. The second-order valence-electron chi connectivity index (χ2n) is 5.12. The summed E-state index contributed by atoms with van der Waals surface area (Å²) in [4.78, 5) is 0. The molecule has 19 heavy (non-hydrogen) atoms. The van der Waals surface area contributed by atoms with Crippen LogP contribution in [0.5, 0.6) is 0 Å². The molecule has 2 N–H and O–H groups in total. The van der Waals surface area contributed by atoms with Gasteiger partial charge in [-0.1, -0.05) is 57.5 Å². The number of alkyl halides is 1. The van der Waals surface area contributed by atoms with E-state index in [-0.39, 0.29) is 5.92 Å². The highest BCUT2D eigenvalue weighted by Crippen LogP contribution is 2.24. The lowest BCUT2D eigenvalue weighted by Crippen LogP contribution is -2.28. The lowest BCUT2D eigenvalue weighted by atomic mass is 9.92. The quantitative estimate of drug-likeness (QED) is 0.759. The number of allylic oxidation sites excluding steroid dienone is 2. The van der Waals surface area contributed by atoms with Crippen LogP contribution in [-0.4, -0.2) is 12.7 Å². The monoisotopic (exact) mass is 263 g/mol. The molecule has 1 aromatic rings. The Bertz CT molecular complexity index is 394. The summed E-state index contributed by atoms with van der Waals surface area (Å²) in [5, 5.41) is 0. The van der Waals surface area contributed by atoms with E-state index in [1.807, 2.05) is 6.92 Å². The Kier molecular flexibility index (Phi) is 6.79. The van der Waals surface area contributed by atoms with Crippen molar-refractivity contribution in [3.05, 3.63) is 41.5 Å². The standard InChI is InChI=1S/C17H26FN/c1-4-6-15(7-5-2)16-10-8-14(9-11-16)13(3)17(19)12-18/h6,8-11,13,17H,4-5,7,12,19H2,1-3H3/b15-6+. The number of benzene rings is 1. The van der Waals surface area contributed by atoms with Crippen LogP contribution in [0.3, 0.4) is 0 Å². The molecule has 0 bridgehead atoms. The van der Waals surface area contributed by atoms with Crippen molar-refractivity contribution >= 4 is 5.57 Å². The highest BCUT2D eigenvalue weighted by atomic mass is 19.1. The van der Waals surface area contributed by atoms with Crippen molar-refractivity contribution in [2.45, 2.75) is 52.0 Å². The van der Waals surface area contributed by atoms with E-state index in [0.717, 1.165) is 24.8 Å². The summed E-state index contributed by atoms with van der Waals surface area (Å²) < 4.78 is 12.6. The van der Waals surface area contributed by atoms with Gasteiger partial charge in [-0.3, -0.25) is 0 Å². The van der Waals surface area contributed by atoms with E-state index < -0.39 is 12.7 Å². The molecule has 2 unspecified atom stereocenters. The minimum atomic E-state index is -0.472. The molecule has 0 aliphatic heterocycles. The summed E-state index contributed by atoms with van der Waals surface area (Å²) in [6.07, 6.45) is 5.60. The summed E-state index contributed by atoms with van der Waals surface area (Å²) in [5.41, 5.74) is 9.54. The molecule has 0 aliphatic carbocycles. The summed E-state index contributed by atoms with van der Waals surface area (Å²) in [6, 6.07) is 8.01. The van der Waals surface area contributed by atoms with Crippen molar-refractivity contribution in [3.63, 3.8) is 0 Å². The minimum absolute atomic E-state index is 0.0591. The van der Waals surface area contributed by atoms with Crippen molar-refractivity contribution < 1.29 is 4.39 Å². The highest BCUT2D eigenvalue weighted by molar-refractivity contribution is 5.65. The Balaban J connectivity index is 2.88. The molecular formula is C17H26FN. The van der Waals surface area contributed by atoms with Gasteiger partial charge in [0.15, 0.2) is 0 Å². The number of hydrogen-bond donors (Lipinski definition) is 1. The lowest BCUT2D eigenvalue weighted by Gasteiger charge is -2.18. The van der Waals surface area contributed by atoms with E-state index in [0.29, 0.717) is 0 Å². The second-order valence-corrected chi connectivity index (χ2v) is 5.12. The zero-order valence-corrected chi connectivity index (χ0v) is 12.3. The predicted octanol–water partition coefficient (Wildman–Crippen LogP) is 4.68. The van der Waals surface area contributed by atoms with Crippen LogP contribution >= 0.6 is 0 Å². The maximum absolute atomic E-state index is 12.6. The molecule has 0 fully saturated rings. The van der Waals surface area contributed by atoms with Crippen molar-refractivity contribution in [2.75, 3.05) is 6.67 Å². The number of rotatable bonds is 7. The maximum Gasteiger partial charge on any atom is 0.105 e. The molecule has 1 rings (SSSR count). The first-order valence-corrected chi connectivity index (χ1v) is 7.24. The van der Waals surface area contributed by atoms with E-state index in [9.17, 15) is 4.39 Å². The summed E-state index contributed by atoms with van der Waals surface area (Å²) >= 11 is 0. The van der Waals surface area contributed by atoms with Gasteiger partial charge in [-0.05, 0) is 35.5 Å². The molecule has 0 saturated heterocycles. The van der Waals surface area contributed by atoms with Crippen LogP contribution < -0.4 is 5.73 Å². The number of halogens is 1. The molecular weight excluding hydrogens is 237 g/mol. The van der Waals surface area contributed by atoms with Crippen LogP contribution in [0.4, 0.5) is 4.39 Å². The Hall–Kier alpha value is -1.15. The van der Waals surface area contributed by atoms with Crippen LogP contribution in [0, 0.1) is 0 Å². The molecule has 0 aromatic heterocycles. The zero-order chi connectivity index (χ0) is 14.3. The van der Waals surface area contributed by atoms with Crippen LogP contribution in [0.25, 0.3) is 5.57 Å². The first-order valence-electron chi connectivity index (χ1n) is 7.24. The smallest absolute Gasteiger partial charge is 0.105 e. The van der Waals surface area contributed by atoms with E-state index in [1.54, 1.807) is 0 Å². The first kappa shape index (κ1) is 15.9. The van der Waals surface area contributed by atoms with E-state index in [4.69, 9.17) is 5.73 Å². The molecule has 0 radical (unpaired) electrons. The predicted molar refractivity (Wildman–Crippen MR) is 82.0 cm³/mol. The number of hydrogen-bond acceptors (Lipinski definition) is 1. The lowest BCUT2D eigenvalue weighted by molar-refractivity contribution is 0.396. The molecule has 0 spiro atoms. The van der Waals surface area contributed by atoms with Crippen molar-refractivity contribution in [1.82, 2.24) is 0 Å². The molecule has 1 nitrogen and oxygen atoms in total. The normalized spacial score (nSPS) is 15.3. The maximum atomic E-state index is 12.6. The highest BCUT2D eigenvalue weighted by Gasteiger charge is 2.14. The molecule has 0 aliphatic rings. The zero-order valence-electron chi connectivity index (χ0n) is 12.3. The fraction of sp³-hybridized carbons (Fsp3) is 0.529. The third-order valence-electron chi connectivity index (χ3n) is 3.60. The third-order valence-corrected chi connectivity index (χ3v) is 3.60. The van der Waals surface area contributed by atoms with Crippen LogP contribution in [-0.2, 0) is 0 Å². The summed E-state index contributed by atoms with van der Waals surface area (Å²) in [6.45, 7) is 5.86. The van der Waals surface area contributed by atoms with E-state index in [1.165, 1.54) is 11.1 Å². The average Bonchev–Trinajstić information content (AvgIpc) is 2.45. The van der Waals surface area contributed by atoms with Crippen LogP contribution in [0.2, 0.25) is 0 Å². The van der Waals surface area contributed by atoms with Gasteiger partial charge in [0.2, 0.25) is 0 Å². The van der Waals surface area contributed by atoms with Crippen LogP contribution in [0.1, 0.15) is 57.1 Å². The molecule has 106 valence electrons. The molecule has 0 saturated carbocycles. The Morgan fingerprint density at radius 1 is 1.26 bits per heavy atom. The van der Waals surface area contributed by atoms with Gasteiger partial charge in [0, 0.05) is 6.04 Å². The van der Waals surface area contributed by atoms with Crippen molar-refractivity contribution in [3.8, 4) is 0 Å². The fourth-order valence-corrected chi connectivity index (χ4v) is 2.26. The third kappa shape index (κ3) is 4.46. The molecule has 2 atom stereocenters. The van der Waals surface area contributed by atoms with Gasteiger partial charge in [-0.2, -0.15) is 0 Å².